The zero-order chi connectivity index (χ0) is 42.2. The van der Waals surface area contributed by atoms with Gasteiger partial charge in [0, 0.05) is 31.2 Å². The van der Waals surface area contributed by atoms with Crippen molar-refractivity contribution in [2.75, 3.05) is 39.5 Å². The number of hydrogen-bond donors (Lipinski definition) is 1. The molecule has 0 aliphatic carbocycles. The summed E-state index contributed by atoms with van der Waals surface area (Å²) in [4.78, 5) is 55.2. The Morgan fingerprint density at radius 3 is 1.21 bits per heavy atom. The lowest BCUT2D eigenvalue weighted by atomic mass is 9.83. The molecule has 0 radical (unpaired) electrons. The van der Waals surface area contributed by atoms with Crippen LogP contribution in [-0.2, 0) is 33.4 Å². The summed E-state index contributed by atoms with van der Waals surface area (Å²) in [7, 11) is 0. The van der Waals surface area contributed by atoms with Gasteiger partial charge in [0.1, 0.15) is 0 Å². The minimum absolute atomic E-state index is 0.0696. The van der Waals surface area contributed by atoms with Gasteiger partial charge in [0.2, 0.25) is 5.91 Å². The SMILES string of the molecule is CCCCC/C=C\CCCOC(=O)CCC(CCC(=O)OCCC/C=C\CCCCC)(CCC(=O)OCCC/C=C\CCCCC)NC(=O)CCCN1CCCCC1. The Bertz CT molecular complexity index is 1020. The third-order valence-electron chi connectivity index (χ3n) is 10.9. The van der Waals surface area contributed by atoms with Crippen molar-refractivity contribution >= 4 is 23.8 Å². The number of rotatable bonds is 38. The molecule has 1 fully saturated rings. The van der Waals surface area contributed by atoms with E-state index in [2.05, 4.69) is 67.4 Å². The van der Waals surface area contributed by atoms with Crippen LogP contribution in [0.3, 0.4) is 0 Å². The Morgan fingerprint density at radius 1 is 0.483 bits per heavy atom. The minimum Gasteiger partial charge on any atom is -0.466 e. The number of esters is 3. The van der Waals surface area contributed by atoms with Gasteiger partial charge >= 0.3 is 17.9 Å². The molecule has 0 spiro atoms. The van der Waals surface area contributed by atoms with Crippen LogP contribution in [-0.4, -0.2) is 73.7 Å². The van der Waals surface area contributed by atoms with Gasteiger partial charge in [-0.25, -0.2) is 0 Å². The predicted octanol–water partition coefficient (Wildman–Crippen LogP) is 11.8. The molecule has 0 aromatic carbocycles. The summed E-state index contributed by atoms with van der Waals surface area (Å²) in [5.74, 6) is -1.15. The van der Waals surface area contributed by atoms with E-state index in [0.717, 1.165) is 83.8 Å². The first-order valence-corrected chi connectivity index (χ1v) is 23.8. The van der Waals surface area contributed by atoms with Gasteiger partial charge < -0.3 is 24.4 Å². The Hall–Kier alpha value is -2.94. The lowest BCUT2D eigenvalue weighted by Crippen LogP contribution is -2.49. The monoisotopic (exact) mass is 815 g/mol. The summed E-state index contributed by atoms with van der Waals surface area (Å²) in [5.41, 5.74) is -0.969. The lowest BCUT2D eigenvalue weighted by Gasteiger charge is -2.35. The number of nitrogens with one attached hydrogen (secondary N) is 1. The fourth-order valence-electron chi connectivity index (χ4n) is 7.21. The standard InChI is InChI=1S/C49H86N2O7/c1-4-7-10-13-16-19-22-28-42-56-46(53)33-36-49(50-45(52)32-31-41-51-39-26-25-27-40-51,37-34-47(54)57-43-29-23-20-17-14-11-8-5-2)38-35-48(55)58-44-30-24-21-18-15-12-9-6-3/h16-21H,4-15,22-44H2,1-3H3,(H,50,52)/b19-16-,20-17-,21-18-. The van der Waals surface area contributed by atoms with Gasteiger partial charge in [0.15, 0.2) is 0 Å². The van der Waals surface area contributed by atoms with Crippen LogP contribution in [0.2, 0.25) is 0 Å². The van der Waals surface area contributed by atoms with Crippen LogP contribution >= 0.6 is 0 Å². The molecule has 1 aliphatic heterocycles. The van der Waals surface area contributed by atoms with E-state index in [4.69, 9.17) is 14.2 Å². The second-order valence-electron chi connectivity index (χ2n) is 16.3. The number of nitrogens with zero attached hydrogens (tertiary/aromatic N) is 1. The smallest absolute Gasteiger partial charge is 0.305 e. The summed E-state index contributed by atoms with van der Waals surface area (Å²) >= 11 is 0. The van der Waals surface area contributed by atoms with Crippen LogP contribution < -0.4 is 5.32 Å². The molecule has 0 saturated carbocycles. The molecule has 0 bridgehead atoms. The largest absolute Gasteiger partial charge is 0.466 e. The van der Waals surface area contributed by atoms with Crippen molar-refractivity contribution in [2.24, 2.45) is 0 Å². The highest BCUT2D eigenvalue weighted by molar-refractivity contribution is 5.78. The quantitative estimate of drug-likeness (QED) is 0.0284. The molecule has 1 N–H and O–H groups in total. The van der Waals surface area contributed by atoms with Crippen molar-refractivity contribution in [1.29, 1.82) is 0 Å². The number of hydrogen-bond acceptors (Lipinski definition) is 8. The molecule has 1 rings (SSSR count). The van der Waals surface area contributed by atoms with Gasteiger partial charge in [0.25, 0.3) is 0 Å². The summed E-state index contributed by atoms with van der Waals surface area (Å²) in [6.45, 7) is 10.6. The van der Waals surface area contributed by atoms with Crippen LogP contribution in [0, 0.1) is 0 Å². The molecule has 1 amide bonds. The highest BCUT2D eigenvalue weighted by Gasteiger charge is 2.34. The number of likely N-dealkylation sites (tertiary alicyclic amines) is 1. The maximum absolute atomic E-state index is 13.6. The molecule has 1 heterocycles. The molecule has 58 heavy (non-hydrogen) atoms. The second kappa shape index (κ2) is 38.3. The first-order valence-electron chi connectivity index (χ1n) is 23.8. The number of ether oxygens (including phenoxy) is 3. The molecule has 0 unspecified atom stereocenters. The van der Waals surface area contributed by atoms with E-state index in [1.165, 1.54) is 77.0 Å². The van der Waals surface area contributed by atoms with Crippen LogP contribution in [0.4, 0.5) is 0 Å². The number of carbonyl (C=O) groups excluding carboxylic acids is 4. The van der Waals surface area contributed by atoms with Crippen LogP contribution in [0.5, 0.6) is 0 Å². The van der Waals surface area contributed by atoms with Crippen molar-refractivity contribution in [3.05, 3.63) is 36.5 Å². The second-order valence-corrected chi connectivity index (χ2v) is 16.3. The minimum atomic E-state index is -0.969. The molecular formula is C49H86N2O7. The van der Waals surface area contributed by atoms with Crippen molar-refractivity contribution in [2.45, 2.75) is 213 Å². The van der Waals surface area contributed by atoms with Crippen molar-refractivity contribution in [3.8, 4) is 0 Å². The molecule has 9 heteroatoms. The van der Waals surface area contributed by atoms with Crippen molar-refractivity contribution < 1.29 is 33.4 Å². The molecular weight excluding hydrogens is 729 g/mol. The fourth-order valence-corrected chi connectivity index (χ4v) is 7.21. The van der Waals surface area contributed by atoms with Gasteiger partial charge in [-0.2, -0.15) is 0 Å². The molecule has 334 valence electrons. The lowest BCUT2D eigenvalue weighted by molar-refractivity contribution is -0.145. The van der Waals surface area contributed by atoms with E-state index < -0.39 is 5.54 Å². The molecule has 0 atom stereocenters. The van der Waals surface area contributed by atoms with E-state index in [9.17, 15) is 19.2 Å². The summed E-state index contributed by atoms with van der Waals surface area (Å²) in [6.07, 6.45) is 37.7. The van der Waals surface area contributed by atoms with Crippen LogP contribution in [0.25, 0.3) is 0 Å². The average Bonchev–Trinajstić information content (AvgIpc) is 3.22. The summed E-state index contributed by atoms with van der Waals surface area (Å²) in [6, 6.07) is 0. The third-order valence-corrected chi connectivity index (χ3v) is 10.9. The summed E-state index contributed by atoms with van der Waals surface area (Å²) in [5, 5.41) is 3.24. The highest BCUT2D eigenvalue weighted by Crippen LogP contribution is 2.28. The Morgan fingerprint density at radius 2 is 0.845 bits per heavy atom. The Balaban J connectivity index is 2.92. The zero-order valence-corrected chi connectivity index (χ0v) is 37.5. The van der Waals surface area contributed by atoms with Crippen molar-refractivity contribution in [1.82, 2.24) is 10.2 Å². The normalized spacial score (nSPS) is 13.8. The zero-order valence-electron chi connectivity index (χ0n) is 37.5. The Kier molecular flexibility index (Phi) is 35.0. The van der Waals surface area contributed by atoms with E-state index in [1.807, 2.05) is 0 Å². The molecule has 0 aromatic heterocycles. The van der Waals surface area contributed by atoms with E-state index >= 15 is 0 Å². The number of allylic oxidation sites excluding steroid dienone is 6. The average molecular weight is 815 g/mol. The van der Waals surface area contributed by atoms with Gasteiger partial charge in [-0.05, 0) is 135 Å². The first kappa shape index (κ1) is 53.1. The highest BCUT2D eigenvalue weighted by atomic mass is 16.5. The number of amides is 1. The summed E-state index contributed by atoms with van der Waals surface area (Å²) < 4.78 is 16.8. The number of unbranched alkanes of at least 4 members (excludes halogenated alkanes) is 12. The topological polar surface area (TPSA) is 111 Å². The van der Waals surface area contributed by atoms with Crippen molar-refractivity contribution in [3.63, 3.8) is 0 Å². The first-order chi connectivity index (χ1) is 28.3. The molecule has 1 saturated heterocycles. The van der Waals surface area contributed by atoms with Gasteiger partial charge in [0.05, 0.1) is 19.8 Å². The predicted molar refractivity (Wildman–Crippen MR) is 239 cm³/mol. The maximum atomic E-state index is 13.6. The van der Waals surface area contributed by atoms with Gasteiger partial charge in [-0.15, -0.1) is 0 Å². The van der Waals surface area contributed by atoms with Gasteiger partial charge in [-0.1, -0.05) is 102 Å². The number of piperidine rings is 1. The molecule has 0 aromatic rings. The fraction of sp³-hybridized carbons (Fsp3) is 0.796. The third kappa shape index (κ3) is 32.0. The van der Waals surface area contributed by atoms with Crippen LogP contribution in [0.1, 0.15) is 207 Å². The Labute approximate surface area is 354 Å². The molecule has 1 aliphatic rings. The van der Waals surface area contributed by atoms with Crippen LogP contribution in [0.15, 0.2) is 36.5 Å². The maximum Gasteiger partial charge on any atom is 0.305 e. The van der Waals surface area contributed by atoms with E-state index in [-0.39, 0.29) is 62.3 Å². The van der Waals surface area contributed by atoms with E-state index in [1.54, 1.807) is 0 Å². The van der Waals surface area contributed by atoms with E-state index in [0.29, 0.717) is 26.2 Å². The van der Waals surface area contributed by atoms with Gasteiger partial charge in [-0.3, -0.25) is 19.2 Å². The molecule has 9 nitrogen and oxygen atoms in total. The number of carbonyl (C=O) groups is 4.